The number of hydrogen-bond donors (Lipinski definition) is 2. The van der Waals surface area contributed by atoms with Crippen molar-refractivity contribution in [2.45, 2.75) is 0 Å². The number of carbonyl (C=O) groups is 1. The van der Waals surface area contributed by atoms with E-state index >= 15 is 0 Å². The van der Waals surface area contributed by atoms with Crippen molar-refractivity contribution in [3.8, 4) is 5.82 Å². The zero-order valence-corrected chi connectivity index (χ0v) is 9.68. The van der Waals surface area contributed by atoms with Crippen molar-refractivity contribution in [1.29, 1.82) is 0 Å². The summed E-state index contributed by atoms with van der Waals surface area (Å²) >= 11 is 3.31. The Bertz CT molecular complexity index is 551. The topological polar surface area (TPSA) is 99.8 Å². The van der Waals surface area contributed by atoms with Gasteiger partial charge in [-0.1, -0.05) is 0 Å². The summed E-state index contributed by atoms with van der Waals surface area (Å²) < 4.78 is 2.13. The van der Waals surface area contributed by atoms with E-state index in [0.29, 0.717) is 16.0 Å². The van der Waals surface area contributed by atoms with Crippen LogP contribution in [0.5, 0.6) is 0 Å². The van der Waals surface area contributed by atoms with Crippen molar-refractivity contribution < 1.29 is 4.79 Å². The van der Waals surface area contributed by atoms with Gasteiger partial charge in [0.25, 0.3) is 5.91 Å². The van der Waals surface area contributed by atoms with Crippen molar-refractivity contribution in [2.24, 2.45) is 5.73 Å². The lowest BCUT2D eigenvalue weighted by Gasteiger charge is -2.03. The molecule has 0 aromatic carbocycles. The molecule has 0 spiro atoms. The summed E-state index contributed by atoms with van der Waals surface area (Å²) in [6, 6.07) is 3.22. The zero-order valence-electron chi connectivity index (χ0n) is 8.09. The average molecular weight is 282 g/mol. The summed E-state index contributed by atoms with van der Waals surface area (Å²) in [5, 5.41) is 3.98. The number of aromatic nitrogens is 3. The largest absolute Gasteiger partial charge is 0.397 e. The minimum atomic E-state index is -0.578. The third-order valence-corrected chi connectivity index (χ3v) is 2.49. The second kappa shape index (κ2) is 3.93. The van der Waals surface area contributed by atoms with Gasteiger partial charge in [-0.3, -0.25) is 4.79 Å². The van der Waals surface area contributed by atoms with Crippen LogP contribution >= 0.6 is 15.9 Å². The molecule has 2 aromatic heterocycles. The van der Waals surface area contributed by atoms with Crippen LogP contribution in [0.1, 0.15) is 10.5 Å². The van der Waals surface area contributed by atoms with E-state index < -0.39 is 5.91 Å². The molecule has 16 heavy (non-hydrogen) atoms. The van der Waals surface area contributed by atoms with Crippen molar-refractivity contribution in [3.05, 3.63) is 34.7 Å². The minimum absolute atomic E-state index is 0.186. The molecule has 82 valence electrons. The van der Waals surface area contributed by atoms with Gasteiger partial charge in [0.1, 0.15) is 5.69 Å². The molecule has 2 heterocycles. The Morgan fingerprint density at radius 2 is 2.25 bits per heavy atom. The number of anilines is 1. The number of halogens is 1. The third kappa shape index (κ3) is 1.89. The molecule has 0 radical (unpaired) electrons. The summed E-state index contributed by atoms with van der Waals surface area (Å²) in [6.07, 6.45) is 3.11. The molecular formula is C9H8BrN5O. The molecule has 0 atom stereocenters. The van der Waals surface area contributed by atoms with Crippen molar-refractivity contribution in [3.63, 3.8) is 0 Å². The number of amides is 1. The Morgan fingerprint density at radius 1 is 1.50 bits per heavy atom. The first-order valence-corrected chi connectivity index (χ1v) is 5.14. The molecule has 2 rings (SSSR count). The van der Waals surface area contributed by atoms with E-state index in [1.54, 1.807) is 12.3 Å². The second-order valence-electron chi connectivity index (χ2n) is 3.08. The number of primary amides is 1. The number of pyridine rings is 1. The molecule has 7 heteroatoms. The normalized spacial score (nSPS) is 10.3. The molecule has 6 nitrogen and oxygen atoms in total. The molecule has 0 unspecified atom stereocenters. The molecule has 0 fully saturated rings. The third-order valence-electron chi connectivity index (χ3n) is 1.90. The van der Waals surface area contributed by atoms with Crippen LogP contribution in [0, 0.1) is 0 Å². The van der Waals surface area contributed by atoms with Crippen LogP contribution in [0.4, 0.5) is 5.69 Å². The molecule has 0 aliphatic heterocycles. The quantitative estimate of drug-likeness (QED) is 0.847. The van der Waals surface area contributed by atoms with Gasteiger partial charge in [0.15, 0.2) is 5.82 Å². The van der Waals surface area contributed by atoms with E-state index in [2.05, 4.69) is 26.0 Å². The lowest BCUT2D eigenvalue weighted by molar-refractivity contribution is 0.0995. The van der Waals surface area contributed by atoms with E-state index in [9.17, 15) is 4.79 Å². The van der Waals surface area contributed by atoms with Gasteiger partial charge in [0, 0.05) is 6.20 Å². The number of carbonyl (C=O) groups excluding carboxylic acids is 1. The number of hydrogen-bond acceptors (Lipinski definition) is 4. The van der Waals surface area contributed by atoms with Crippen molar-refractivity contribution in [2.75, 3.05) is 5.73 Å². The van der Waals surface area contributed by atoms with Crippen LogP contribution in [0.3, 0.4) is 0 Å². The summed E-state index contributed by atoms with van der Waals surface area (Å²) in [4.78, 5) is 15.0. The first kappa shape index (κ1) is 10.6. The fourth-order valence-electron chi connectivity index (χ4n) is 1.19. The van der Waals surface area contributed by atoms with E-state index in [4.69, 9.17) is 11.5 Å². The molecule has 0 aliphatic carbocycles. The lowest BCUT2D eigenvalue weighted by atomic mass is 10.4. The Hall–Kier alpha value is -1.89. The maximum atomic E-state index is 10.9. The Kier molecular flexibility index (Phi) is 2.61. The maximum absolute atomic E-state index is 10.9. The molecule has 4 N–H and O–H groups in total. The minimum Gasteiger partial charge on any atom is -0.397 e. The van der Waals surface area contributed by atoms with Gasteiger partial charge in [-0.15, -0.1) is 0 Å². The smallest absolute Gasteiger partial charge is 0.269 e. The number of nitrogens with two attached hydrogens (primary N) is 2. The van der Waals surface area contributed by atoms with Crippen LogP contribution in [-0.4, -0.2) is 20.7 Å². The van der Waals surface area contributed by atoms with E-state index in [-0.39, 0.29) is 5.69 Å². The van der Waals surface area contributed by atoms with E-state index in [1.165, 1.54) is 16.9 Å². The predicted octanol–water partition coefficient (Wildman–Crippen LogP) is 0.711. The number of nitrogens with zero attached hydrogens (tertiary/aromatic N) is 3. The molecule has 0 saturated heterocycles. The van der Waals surface area contributed by atoms with Gasteiger partial charge in [-0.25, -0.2) is 9.67 Å². The maximum Gasteiger partial charge on any atom is 0.269 e. The van der Waals surface area contributed by atoms with Crippen LogP contribution in [0.25, 0.3) is 5.82 Å². The fraction of sp³-hybridized carbons (Fsp3) is 0. The molecule has 1 amide bonds. The molecule has 0 aliphatic rings. The summed E-state index contributed by atoms with van der Waals surface area (Å²) in [7, 11) is 0. The number of nitrogen functional groups attached to an aromatic ring is 1. The highest BCUT2D eigenvalue weighted by molar-refractivity contribution is 9.10. The van der Waals surface area contributed by atoms with Crippen molar-refractivity contribution in [1.82, 2.24) is 14.8 Å². The van der Waals surface area contributed by atoms with Gasteiger partial charge in [-0.05, 0) is 28.1 Å². The van der Waals surface area contributed by atoms with Crippen LogP contribution < -0.4 is 11.5 Å². The standard InChI is InChI=1S/C9H8BrN5O/c10-6-3-5(11)4-13-9(6)15-2-1-7(14-15)8(12)16/h1-4H,11H2,(H2,12,16). The molecule has 0 saturated carbocycles. The SMILES string of the molecule is NC(=O)c1ccn(-c2ncc(N)cc2Br)n1. The van der Waals surface area contributed by atoms with Crippen LogP contribution in [0.15, 0.2) is 29.0 Å². The van der Waals surface area contributed by atoms with E-state index in [0.717, 1.165) is 0 Å². The highest BCUT2D eigenvalue weighted by Gasteiger charge is 2.09. The zero-order chi connectivity index (χ0) is 11.7. The number of rotatable bonds is 2. The summed E-state index contributed by atoms with van der Waals surface area (Å²) in [6.45, 7) is 0. The van der Waals surface area contributed by atoms with Gasteiger partial charge < -0.3 is 11.5 Å². The van der Waals surface area contributed by atoms with E-state index in [1.807, 2.05) is 0 Å². The highest BCUT2D eigenvalue weighted by atomic mass is 79.9. The first-order chi connectivity index (χ1) is 7.58. The summed E-state index contributed by atoms with van der Waals surface area (Å²) in [5.74, 6) is -0.0352. The summed E-state index contributed by atoms with van der Waals surface area (Å²) in [5.41, 5.74) is 11.4. The van der Waals surface area contributed by atoms with Gasteiger partial charge >= 0.3 is 0 Å². The van der Waals surface area contributed by atoms with Crippen molar-refractivity contribution >= 4 is 27.5 Å². The Balaban J connectivity index is 2.46. The van der Waals surface area contributed by atoms with Gasteiger partial charge in [0.05, 0.1) is 16.4 Å². The Labute approximate surface area is 99.4 Å². The molecule has 0 bridgehead atoms. The van der Waals surface area contributed by atoms with Gasteiger partial charge in [-0.2, -0.15) is 5.10 Å². The Morgan fingerprint density at radius 3 is 2.81 bits per heavy atom. The lowest BCUT2D eigenvalue weighted by Crippen LogP contribution is -2.12. The second-order valence-corrected chi connectivity index (χ2v) is 3.94. The predicted molar refractivity (Wildman–Crippen MR) is 62.0 cm³/mol. The fourth-order valence-corrected chi connectivity index (χ4v) is 1.74. The van der Waals surface area contributed by atoms with Crippen LogP contribution in [0.2, 0.25) is 0 Å². The average Bonchev–Trinajstić information content (AvgIpc) is 2.66. The van der Waals surface area contributed by atoms with Crippen LogP contribution in [-0.2, 0) is 0 Å². The molecular weight excluding hydrogens is 274 g/mol. The highest BCUT2D eigenvalue weighted by Crippen LogP contribution is 2.20. The van der Waals surface area contributed by atoms with Gasteiger partial charge in [0.2, 0.25) is 0 Å². The first-order valence-electron chi connectivity index (χ1n) is 4.35. The molecule has 2 aromatic rings. The monoisotopic (exact) mass is 281 g/mol.